The number of cyclic esters (lactones) is 1. The number of aryl methyl sites for hydroxylation is 1. The van der Waals surface area contributed by atoms with Crippen molar-refractivity contribution in [2.75, 3.05) is 6.61 Å². The Morgan fingerprint density at radius 1 is 1.53 bits per heavy atom. The number of nitrogens with one attached hydrogen (secondary N) is 1. The van der Waals surface area contributed by atoms with Gasteiger partial charge in [-0.2, -0.15) is 0 Å². The molecule has 1 saturated heterocycles. The van der Waals surface area contributed by atoms with Crippen LogP contribution < -0.4 is 5.32 Å². The molecule has 82 valence electrons. The predicted molar refractivity (Wildman–Crippen MR) is 55.6 cm³/mol. The number of carbonyl (C=O) groups excluding carboxylic acids is 1. The molecule has 0 unspecified atom stereocenters. The third-order valence-corrected chi connectivity index (χ3v) is 2.26. The van der Waals surface area contributed by atoms with Gasteiger partial charge in [-0.3, -0.25) is 0 Å². The van der Waals surface area contributed by atoms with Crippen molar-refractivity contribution in [2.45, 2.75) is 13.0 Å². The fourth-order valence-electron chi connectivity index (χ4n) is 1.45. The van der Waals surface area contributed by atoms with Gasteiger partial charge < -0.3 is 10.1 Å². The van der Waals surface area contributed by atoms with E-state index in [1.807, 2.05) is 0 Å². The topological polar surface area (TPSA) is 38.3 Å². The SMILES string of the molecule is Cc1cc([C@@H]2COC(=O)N2)ccc1F.Cl. The Kier molecular flexibility index (Phi) is 3.52. The number of hydrogen-bond donors (Lipinski definition) is 1. The number of rotatable bonds is 1. The van der Waals surface area contributed by atoms with Crippen LogP contribution in [0.25, 0.3) is 0 Å². The highest BCUT2D eigenvalue weighted by atomic mass is 35.5. The van der Waals surface area contributed by atoms with Gasteiger partial charge in [0.25, 0.3) is 0 Å². The van der Waals surface area contributed by atoms with Crippen LogP contribution in [0, 0.1) is 12.7 Å². The summed E-state index contributed by atoms with van der Waals surface area (Å²) in [5.74, 6) is -0.237. The van der Waals surface area contributed by atoms with Gasteiger partial charge >= 0.3 is 6.09 Å². The monoisotopic (exact) mass is 231 g/mol. The van der Waals surface area contributed by atoms with Crippen LogP contribution in [-0.4, -0.2) is 12.7 Å². The Morgan fingerprint density at radius 2 is 2.27 bits per heavy atom. The molecule has 1 fully saturated rings. The molecule has 1 aliphatic heterocycles. The summed E-state index contributed by atoms with van der Waals surface area (Å²) in [7, 11) is 0. The van der Waals surface area contributed by atoms with Crippen molar-refractivity contribution in [1.82, 2.24) is 5.32 Å². The van der Waals surface area contributed by atoms with Gasteiger partial charge in [0, 0.05) is 0 Å². The summed E-state index contributed by atoms with van der Waals surface area (Å²) in [5, 5.41) is 2.63. The molecule has 0 spiro atoms. The van der Waals surface area contributed by atoms with Crippen molar-refractivity contribution in [3.8, 4) is 0 Å². The molecule has 0 bridgehead atoms. The Balaban J connectivity index is 0.00000112. The largest absolute Gasteiger partial charge is 0.447 e. The number of halogens is 2. The zero-order valence-corrected chi connectivity index (χ0v) is 8.94. The van der Waals surface area contributed by atoms with Crippen LogP contribution in [-0.2, 0) is 4.74 Å². The average Bonchev–Trinajstić information content (AvgIpc) is 2.57. The molecule has 1 N–H and O–H groups in total. The maximum absolute atomic E-state index is 12.9. The number of hydrogen-bond acceptors (Lipinski definition) is 2. The third-order valence-electron chi connectivity index (χ3n) is 2.26. The molecule has 0 aromatic heterocycles. The molecule has 0 saturated carbocycles. The van der Waals surface area contributed by atoms with Crippen LogP contribution >= 0.6 is 12.4 Å². The van der Waals surface area contributed by atoms with E-state index in [1.165, 1.54) is 6.07 Å². The van der Waals surface area contributed by atoms with Crippen LogP contribution in [0.1, 0.15) is 17.2 Å². The first-order valence-electron chi connectivity index (χ1n) is 4.36. The van der Waals surface area contributed by atoms with E-state index in [-0.39, 0.29) is 24.3 Å². The molecule has 1 heterocycles. The van der Waals surface area contributed by atoms with Crippen molar-refractivity contribution >= 4 is 18.5 Å². The standard InChI is InChI=1S/C10H10FNO2.ClH/c1-6-4-7(2-3-8(6)11)9-5-14-10(13)12-9;/h2-4,9H,5H2,1H3,(H,12,13);1H/t9-;/m0./s1. The summed E-state index contributed by atoms with van der Waals surface area (Å²) >= 11 is 0. The smallest absolute Gasteiger partial charge is 0.407 e. The summed E-state index contributed by atoms with van der Waals surface area (Å²) in [6.07, 6.45) is -0.419. The third kappa shape index (κ3) is 2.39. The number of carbonyl (C=O) groups is 1. The van der Waals surface area contributed by atoms with Gasteiger partial charge in [0.15, 0.2) is 0 Å². The number of ether oxygens (including phenoxy) is 1. The molecule has 1 aromatic rings. The van der Waals surface area contributed by atoms with Crippen molar-refractivity contribution in [1.29, 1.82) is 0 Å². The highest BCUT2D eigenvalue weighted by Gasteiger charge is 2.23. The molecule has 2 rings (SSSR count). The first-order valence-corrected chi connectivity index (χ1v) is 4.36. The van der Waals surface area contributed by atoms with Gasteiger partial charge in [-0.05, 0) is 24.1 Å². The molecule has 3 nitrogen and oxygen atoms in total. The van der Waals surface area contributed by atoms with Crippen molar-refractivity contribution in [3.63, 3.8) is 0 Å². The Labute approximate surface area is 93.0 Å². The fourth-order valence-corrected chi connectivity index (χ4v) is 1.45. The van der Waals surface area contributed by atoms with Gasteiger partial charge in [0.05, 0.1) is 6.04 Å². The second-order valence-electron chi connectivity index (χ2n) is 3.30. The Bertz CT molecular complexity index is 384. The Morgan fingerprint density at radius 3 is 2.80 bits per heavy atom. The first-order chi connectivity index (χ1) is 6.66. The minimum Gasteiger partial charge on any atom is -0.447 e. The van der Waals surface area contributed by atoms with Crippen LogP contribution in [0.5, 0.6) is 0 Å². The summed E-state index contributed by atoms with van der Waals surface area (Å²) in [6, 6.07) is 4.62. The minimum absolute atomic E-state index is 0. The zero-order valence-electron chi connectivity index (χ0n) is 8.12. The van der Waals surface area contributed by atoms with Crippen molar-refractivity contribution < 1.29 is 13.9 Å². The predicted octanol–water partition coefficient (Wildman–Crippen LogP) is 2.34. The molecule has 15 heavy (non-hydrogen) atoms. The van der Waals surface area contributed by atoms with Gasteiger partial charge in [-0.1, -0.05) is 12.1 Å². The molecular formula is C10H11ClFNO2. The van der Waals surface area contributed by atoms with Gasteiger partial charge in [0.1, 0.15) is 12.4 Å². The number of amides is 1. The lowest BCUT2D eigenvalue weighted by Crippen LogP contribution is -2.18. The number of alkyl carbamates (subject to hydrolysis) is 1. The average molecular weight is 232 g/mol. The lowest BCUT2D eigenvalue weighted by atomic mass is 10.1. The summed E-state index contributed by atoms with van der Waals surface area (Å²) in [5.41, 5.74) is 1.44. The number of benzene rings is 1. The van der Waals surface area contributed by atoms with E-state index in [1.54, 1.807) is 19.1 Å². The van der Waals surface area contributed by atoms with Crippen molar-refractivity contribution in [2.24, 2.45) is 0 Å². The lowest BCUT2D eigenvalue weighted by molar-refractivity contribution is 0.177. The van der Waals surface area contributed by atoms with Crippen LogP contribution in [0.15, 0.2) is 18.2 Å². The summed E-state index contributed by atoms with van der Waals surface area (Å²) in [4.78, 5) is 10.8. The maximum atomic E-state index is 12.9. The molecule has 0 aliphatic carbocycles. The fraction of sp³-hybridized carbons (Fsp3) is 0.300. The normalized spacial score (nSPS) is 19.1. The molecule has 5 heteroatoms. The van der Waals surface area contributed by atoms with Gasteiger partial charge in [-0.15, -0.1) is 12.4 Å². The van der Waals surface area contributed by atoms with Crippen LogP contribution in [0.4, 0.5) is 9.18 Å². The van der Waals surface area contributed by atoms with Crippen LogP contribution in [0.3, 0.4) is 0 Å². The molecule has 0 radical (unpaired) electrons. The molecular weight excluding hydrogens is 221 g/mol. The van der Waals surface area contributed by atoms with Gasteiger partial charge in [-0.25, -0.2) is 9.18 Å². The highest BCUT2D eigenvalue weighted by molar-refractivity contribution is 5.85. The quantitative estimate of drug-likeness (QED) is 0.806. The molecule has 1 aromatic carbocycles. The van der Waals surface area contributed by atoms with Gasteiger partial charge in [0.2, 0.25) is 0 Å². The second-order valence-corrected chi connectivity index (χ2v) is 3.30. The lowest BCUT2D eigenvalue weighted by Gasteiger charge is -2.08. The second kappa shape index (κ2) is 4.49. The maximum Gasteiger partial charge on any atom is 0.407 e. The van der Waals surface area contributed by atoms with E-state index in [9.17, 15) is 9.18 Å². The molecule has 1 atom stereocenters. The summed E-state index contributed by atoms with van der Waals surface area (Å²) in [6.45, 7) is 2.00. The minimum atomic E-state index is -0.419. The van der Waals surface area contributed by atoms with Crippen LogP contribution in [0.2, 0.25) is 0 Å². The van der Waals surface area contributed by atoms with E-state index in [2.05, 4.69) is 5.32 Å². The first kappa shape index (κ1) is 11.8. The molecule has 1 amide bonds. The zero-order chi connectivity index (χ0) is 10.1. The highest BCUT2D eigenvalue weighted by Crippen LogP contribution is 2.20. The summed E-state index contributed by atoms with van der Waals surface area (Å²) < 4.78 is 17.7. The van der Waals surface area contributed by atoms with E-state index < -0.39 is 6.09 Å². The van der Waals surface area contributed by atoms with Crippen molar-refractivity contribution in [3.05, 3.63) is 35.1 Å². The van der Waals surface area contributed by atoms with E-state index in [0.29, 0.717) is 12.2 Å². The van der Waals surface area contributed by atoms with E-state index >= 15 is 0 Å². The van der Waals surface area contributed by atoms with E-state index in [4.69, 9.17) is 4.74 Å². The molecule has 1 aliphatic rings. The van der Waals surface area contributed by atoms with E-state index in [0.717, 1.165) is 5.56 Å². The Hall–Kier alpha value is -1.29.